The second kappa shape index (κ2) is 10.8. The van der Waals surface area contributed by atoms with Crippen LogP contribution >= 0.6 is 0 Å². The molecule has 1 amide bonds. The fourth-order valence-electron chi connectivity index (χ4n) is 3.85. The molecule has 1 aliphatic rings. The number of carbonyl (C=O) groups excluding carboxylic acids is 1. The normalized spacial score (nSPS) is 13.2. The number of benzene rings is 2. The molecule has 33 heavy (non-hydrogen) atoms. The van der Waals surface area contributed by atoms with Crippen LogP contribution in [-0.4, -0.2) is 42.4 Å². The van der Waals surface area contributed by atoms with Crippen molar-refractivity contribution < 1.29 is 18.8 Å². The van der Waals surface area contributed by atoms with Gasteiger partial charge in [-0.25, -0.2) is 0 Å². The lowest BCUT2D eigenvalue weighted by atomic mass is 10.2. The highest BCUT2D eigenvalue weighted by atomic mass is 16.5. The van der Waals surface area contributed by atoms with E-state index in [1.165, 1.54) is 18.5 Å². The number of aromatic nitrogens is 2. The molecule has 1 fully saturated rings. The molecule has 4 rings (SSSR count). The van der Waals surface area contributed by atoms with Gasteiger partial charge in [0, 0.05) is 43.2 Å². The van der Waals surface area contributed by atoms with Crippen LogP contribution in [0.1, 0.15) is 39.0 Å². The molecule has 0 bridgehead atoms. The summed E-state index contributed by atoms with van der Waals surface area (Å²) in [6, 6.07) is 13.6. The predicted octanol–water partition coefficient (Wildman–Crippen LogP) is 4.71. The zero-order valence-electron chi connectivity index (χ0n) is 19.2. The van der Waals surface area contributed by atoms with Crippen LogP contribution in [0.4, 0.5) is 11.4 Å². The minimum atomic E-state index is -0.167. The van der Waals surface area contributed by atoms with Crippen LogP contribution in [0.25, 0.3) is 11.4 Å². The van der Waals surface area contributed by atoms with Crippen molar-refractivity contribution in [1.29, 1.82) is 0 Å². The molecule has 0 unspecified atom stereocenters. The Balaban J connectivity index is 1.34. The van der Waals surface area contributed by atoms with Gasteiger partial charge in [0.25, 0.3) is 0 Å². The summed E-state index contributed by atoms with van der Waals surface area (Å²) in [5.74, 6) is 2.07. The quantitative estimate of drug-likeness (QED) is 0.479. The number of ether oxygens (including phenoxy) is 2. The van der Waals surface area contributed by atoms with Gasteiger partial charge >= 0.3 is 0 Å². The fourth-order valence-corrected chi connectivity index (χ4v) is 3.85. The highest BCUT2D eigenvalue weighted by Crippen LogP contribution is 2.30. The maximum Gasteiger partial charge on any atom is 0.227 e. The smallest absolute Gasteiger partial charge is 0.227 e. The largest absolute Gasteiger partial charge is 0.494 e. The molecule has 1 N–H and O–H groups in total. The Bertz CT molecular complexity index is 1060. The van der Waals surface area contributed by atoms with Gasteiger partial charge < -0.3 is 24.2 Å². The third kappa shape index (κ3) is 5.83. The van der Waals surface area contributed by atoms with Crippen molar-refractivity contribution in [3.05, 3.63) is 48.4 Å². The minimum absolute atomic E-state index is 0.167. The zero-order valence-corrected chi connectivity index (χ0v) is 19.2. The summed E-state index contributed by atoms with van der Waals surface area (Å²) in [4.78, 5) is 19.4. The van der Waals surface area contributed by atoms with Gasteiger partial charge in [0.1, 0.15) is 11.5 Å². The summed E-state index contributed by atoms with van der Waals surface area (Å²) in [5.41, 5.74) is 2.69. The molecule has 0 atom stereocenters. The lowest BCUT2D eigenvalue weighted by Crippen LogP contribution is -2.17. The number of amides is 1. The SMILES string of the molecule is CCOc1ccc(OCC)c(NC(=O)CCc2nc(-c3ccc(N4CCCC4)cc3)no2)c1. The zero-order chi connectivity index (χ0) is 23.0. The van der Waals surface area contributed by atoms with Gasteiger partial charge in [-0.1, -0.05) is 5.16 Å². The molecule has 0 spiro atoms. The summed E-state index contributed by atoms with van der Waals surface area (Å²) in [6.45, 7) is 7.07. The average molecular weight is 451 g/mol. The van der Waals surface area contributed by atoms with Gasteiger partial charge in [0.15, 0.2) is 0 Å². The monoisotopic (exact) mass is 450 g/mol. The van der Waals surface area contributed by atoms with E-state index in [0.29, 0.717) is 48.5 Å². The van der Waals surface area contributed by atoms with Crippen molar-refractivity contribution in [2.24, 2.45) is 0 Å². The van der Waals surface area contributed by atoms with Crippen molar-refractivity contribution in [1.82, 2.24) is 10.1 Å². The van der Waals surface area contributed by atoms with Crippen LogP contribution in [0.15, 0.2) is 47.0 Å². The topological polar surface area (TPSA) is 89.7 Å². The fraction of sp³-hybridized carbons (Fsp3) is 0.400. The van der Waals surface area contributed by atoms with Crippen LogP contribution in [-0.2, 0) is 11.2 Å². The number of rotatable bonds is 10. The van der Waals surface area contributed by atoms with Crippen LogP contribution in [0.3, 0.4) is 0 Å². The second-order valence-corrected chi connectivity index (χ2v) is 7.82. The molecular weight excluding hydrogens is 420 g/mol. The van der Waals surface area contributed by atoms with Gasteiger partial charge in [-0.15, -0.1) is 0 Å². The lowest BCUT2D eigenvalue weighted by molar-refractivity contribution is -0.116. The number of carbonyl (C=O) groups is 1. The van der Waals surface area contributed by atoms with Crippen LogP contribution in [0.5, 0.6) is 11.5 Å². The van der Waals surface area contributed by atoms with E-state index >= 15 is 0 Å². The Kier molecular flexibility index (Phi) is 7.44. The molecule has 2 heterocycles. The summed E-state index contributed by atoms with van der Waals surface area (Å²) in [5, 5.41) is 6.98. The van der Waals surface area contributed by atoms with Crippen molar-refractivity contribution in [2.45, 2.75) is 39.5 Å². The van der Waals surface area contributed by atoms with E-state index in [0.717, 1.165) is 18.7 Å². The molecule has 8 nitrogen and oxygen atoms in total. The van der Waals surface area contributed by atoms with Crippen molar-refractivity contribution in [3.63, 3.8) is 0 Å². The van der Waals surface area contributed by atoms with Crippen molar-refractivity contribution in [2.75, 3.05) is 36.5 Å². The standard InChI is InChI=1S/C25H30N4O4/c1-3-31-20-11-12-22(32-4-2)21(17-20)26-23(30)13-14-24-27-25(28-33-24)18-7-9-19(10-8-18)29-15-5-6-16-29/h7-12,17H,3-6,13-16H2,1-2H3,(H,26,30). The molecular formula is C25H30N4O4. The van der Waals surface area contributed by atoms with E-state index in [9.17, 15) is 4.79 Å². The molecule has 1 aliphatic heterocycles. The first kappa shape index (κ1) is 22.6. The molecule has 3 aromatic rings. The predicted molar refractivity (Wildman–Crippen MR) is 127 cm³/mol. The lowest BCUT2D eigenvalue weighted by Gasteiger charge is -2.17. The number of nitrogens with one attached hydrogen (secondary N) is 1. The van der Waals surface area contributed by atoms with Crippen molar-refractivity contribution in [3.8, 4) is 22.9 Å². The summed E-state index contributed by atoms with van der Waals surface area (Å²) >= 11 is 0. The number of hydrogen-bond donors (Lipinski definition) is 1. The number of hydrogen-bond acceptors (Lipinski definition) is 7. The molecule has 174 valence electrons. The summed E-state index contributed by atoms with van der Waals surface area (Å²) in [6.07, 6.45) is 3.04. The molecule has 2 aromatic carbocycles. The van der Waals surface area contributed by atoms with E-state index in [1.54, 1.807) is 12.1 Å². The Morgan fingerprint density at radius 2 is 1.82 bits per heavy atom. The van der Waals surface area contributed by atoms with E-state index < -0.39 is 0 Å². The van der Waals surface area contributed by atoms with Gasteiger partial charge in [-0.3, -0.25) is 4.79 Å². The Morgan fingerprint density at radius 3 is 2.55 bits per heavy atom. The first-order chi connectivity index (χ1) is 16.2. The molecule has 8 heteroatoms. The van der Waals surface area contributed by atoms with E-state index in [4.69, 9.17) is 14.0 Å². The van der Waals surface area contributed by atoms with Crippen molar-refractivity contribution >= 4 is 17.3 Å². The van der Waals surface area contributed by atoms with Gasteiger partial charge in [-0.05, 0) is 63.1 Å². The van der Waals surface area contributed by atoms with Gasteiger partial charge in [0.2, 0.25) is 17.6 Å². The maximum absolute atomic E-state index is 12.5. The average Bonchev–Trinajstić information content (AvgIpc) is 3.53. The first-order valence-electron chi connectivity index (χ1n) is 11.5. The third-order valence-electron chi connectivity index (χ3n) is 5.47. The second-order valence-electron chi connectivity index (χ2n) is 7.82. The summed E-state index contributed by atoms with van der Waals surface area (Å²) < 4.78 is 16.5. The molecule has 0 saturated carbocycles. The number of nitrogens with zero attached hydrogens (tertiary/aromatic N) is 3. The molecule has 0 radical (unpaired) electrons. The molecule has 1 aromatic heterocycles. The maximum atomic E-state index is 12.5. The van der Waals surface area contributed by atoms with Crippen LogP contribution in [0, 0.1) is 0 Å². The molecule has 0 aliphatic carbocycles. The Morgan fingerprint density at radius 1 is 1.06 bits per heavy atom. The minimum Gasteiger partial charge on any atom is -0.494 e. The highest BCUT2D eigenvalue weighted by molar-refractivity contribution is 5.92. The van der Waals surface area contributed by atoms with Gasteiger partial charge in [-0.2, -0.15) is 4.98 Å². The van der Waals surface area contributed by atoms with E-state index in [-0.39, 0.29) is 12.3 Å². The van der Waals surface area contributed by atoms with Crippen LogP contribution < -0.4 is 19.7 Å². The Labute approximate surface area is 193 Å². The number of anilines is 2. The highest BCUT2D eigenvalue weighted by Gasteiger charge is 2.15. The molecule has 1 saturated heterocycles. The summed E-state index contributed by atoms with van der Waals surface area (Å²) in [7, 11) is 0. The Hall–Kier alpha value is -3.55. The first-order valence-corrected chi connectivity index (χ1v) is 11.5. The van der Waals surface area contributed by atoms with Gasteiger partial charge in [0.05, 0.1) is 18.9 Å². The van der Waals surface area contributed by atoms with E-state index in [1.807, 2.05) is 32.0 Å². The van der Waals surface area contributed by atoms with Crippen LogP contribution in [0.2, 0.25) is 0 Å². The third-order valence-corrected chi connectivity index (χ3v) is 5.47. The van der Waals surface area contributed by atoms with E-state index in [2.05, 4.69) is 32.5 Å². The number of aryl methyl sites for hydroxylation is 1.